The Morgan fingerprint density at radius 3 is 1.86 bits per heavy atom. The van der Waals surface area contributed by atoms with E-state index in [-0.39, 0.29) is 17.8 Å². The Balaban J connectivity index is 0.000000433. The van der Waals surface area contributed by atoms with Gasteiger partial charge in [-0.3, -0.25) is 0 Å². The zero-order valence-electron chi connectivity index (χ0n) is 12.5. The van der Waals surface area contributed by atoms with Crippen molar-refractivity contribution in [1.29, 1.82) is 0 Å². The second kappa shape index (κ2) is 11.3. The van der Waals surface area contributed by atoms with Gasteiger partial charge >= 0.3 is 11.9 Å². The van der Waals surface area contributed by atoms with Crippen LogP contribution in [0.25, 0.3) is 0 Å². The molecular formula is C17H22O5. The van der Waals surface area contributed by atoms with Crippen LogP contribution in [0.3, 0.4) is 0 Å². The molecule has 0 fully saturated rings. The van der Waals surface area contributed by atoms with Crippen molar-refractivity contribution in [2.75, 3.05) is 6.61 Å². The first kappa shape index (κ1) is 19.6. The number of rotatable bonds is 8. The molecule has 0 aliphatic rings. The SMILES string of the molecule is C=C(CCCO)C(=O)O.C=C(CCc1ccccc1)C(=O)O. The van der Waals surface area contributed by atoms with Gasteiger partial charge in [0.25, 0.3) is 0 Å². The molecule has 1 aromatic carbocycles. The Morgan fingerprint density at radius 1 is 0.909 bits per heavy atom. The van der Waals surface area contributed by atoms with Gasteiger partial charge in [0.15, 0.2) is 0 Å². The summed E-state index contributed by atoms with van der Waals surface area (Å²) in [6, 6.07) is 9.79. The molecule has 0 heterocycles. The molecule has 0 spiro atoms. The molecule has 3 N–H and O–H groups in total. The molecular weight excluding hydrogens is 284 g/mol. The monoisotopic (exact) mass is 306 g/mol. The van der Waals surface area contributed by atoms with E-state index < -0.39 is 11.9 Å². The molecule has 22 heavy (non-hydrogen) atoms. The lowest BCUT2D eigenvalue weighted by atomic mass is 10.1. The Hall–Kier alpha value is -2.40. The van der Waals surface area contributed by atoms with E-state index in [1.54, 1.807) is 0 Å². The molecule has 5 nitrogen and oxygen atoms in total. The van der Waals surface area contributed by atoms with Crippen LogP contribution in [0, 0.1) is 0 Å². The minimum atomic E-state index is -0.983. The topological polar surface area (TPSA) is 94.8 Å². The molecule has 1 rings (SSSR count). The minimum Gasteiger partial charge on any atom is -0.478 e. The maximum Gasteiger partial charge on any atom is 0.330 e. The van der Waals surface area contributed by atoms with Crippen molar-refractivity contribution in [2.24, 2.45) is 0 Å². The first-order valence-corrected chi connectivity index (χ1v) is 6.85. The van der Waals surface area contributed by atoms with E-state index in [9.17, 15) is 9.59 Å². The molecule has 120 valence electrons. The van der Waals surface area contributed by atoms with Crippen molar-refractivity contribution in [1.82, 2.24) is 0 Å². The van der Waals surface area contributed by atoms with Gasteiger partial charge in [-0.25, -0.2) is 9.59 Å². The zero-order valence-corrected chi connectivity index (χ0v) is 12.5. The maximum atomic E-state index is 10.4. The van der Waals surface area contributed by atoms with Crippen LogP contribution in [0.4, 0.5) is 0 Å². The number of carbonyl (C=O) groups is 2. The maximum absolute atomic E-state index is 10.4. The molecule has 0 aliphatic heterocycles. The van der Waals surface area contributed by atoms with Gasteiger partial charge in [0, 0.05) is 17.8 Å². The van der Waals surface area contributed by atoms with Crippen molar-refractivity contribution < 1.29 is 24.9 Å². The van der Waals surface area contributed by atoms with Crippen molar-refractivity contribution in [3.8, 4) is 0 Å². The summed E-state index contributed by atoms with van der Waals surface area (Å²) >= 11 is 0. The number of carboxylic acids is 2. The number of hydrogen-bond donors (Lipinski definition) is 3. The lowest BCUT2D eigenvalue weighted by Gasteiger charge is -2.00. The van der Waals surface area contributed by atoms with Gasteiger partial charge < -0.3 is 15.3 Å². The lowest BCUT2D eigenvalue weighted by Crippen LogP contribution is -2.00. The number of hydrogen-bond acceptors (Lipinski definition) is 3. The van der Waals surface area contributed by atoms with E-state index >= 15 is 0 Å². The van der Waals surface area contributed by atoms with E-state index in [0.717, 1.165) is 12.0 Å². The molecule has 0 saturated carbocycles. The number of aliphatic carboxylic acids is 2. The van der Waals surface area contributed by atoms with Crippen molar-refractivity contribution in [2.45, 2.75) is 25.7 Å². The summed E-state index contributed by atoms with van der Waals surface area (Å²) in [6.45, 7) is 6.77. The fraction of sp³-hybridized carbons (Fsp3) is 0.294. The van der Waals surface area contributed by atoms with Gasteiger partial charge in [0.05, 0.1) is 0 Å². The van der Waals surface area contributed by atoms with Crippen LogP contribution in [0.5, 0.6) is 0 Å². The van der Waals surface area contributed by atoms with Crippen LogP contribution in [0.1, 0.15) is 24.8 Å². The molecule has 5 heteroatoms. The highest BCUT2D eigenvalue weighted by Crippen LogP contribution is 2.07. The van der Waals surface area contributed by atoms with Gasteiger partial charge in [0.1, 0.15) is 0 Å². The number of aliphatic hydroxyl groups is 1. The normalized spacial score (nSPS) is 9.32. The molecule has 0 radical (unpaired) electrons. The number of aliphatic hydroxyl groups excluding tert-OH is 1. The summed E-state index contributed by atoms with van der Waals surface area (Å²) in [7, 11) is 0. The van der Waals surface area contributed by atoms with E-state index in [2.05, 4.69) is 13.2 Å². The number of aryl methyl sites for hydroxylation is 1. The predicted molar refractivity (Wildman–Crippen MR) is 84.6 cm³/mol. The average Bonchev–Trinajstić information content (AvgIpc) is 2.51. The van der Waals surface area contributed by atoms with Crippen LogP contribution in [0.15, 0.2) is 54.6 Å². The quantitative estimate of drug-likeness (QED) is 0.642. The Morgan fingerprint density at radius 2 is 1.41 bits per heavy atom. The number of benzene rings is 1. The van der Waals surface area contributed by atoms with Crippen molar-refractivity contribution in [3.05, 3.63) is 60.2 Å². The summed E-state index contributed by atoms with van der Waals surface area (Å²) < 4.78 is 0. The third-order valence-electron chi connectivity index (χ3n) is 2.80. The summed E-state index contributed by atoms with van der Waals surface area (Å²) in [4.78, 5) is 20.4. The van der Waals surface area contributed by atoms with Crippen molar-refractivity contribution in [3.63, 3.8) is 0 Å². The van der Waals surface area contributed by atoms with Crippen LogP contribution in [0.2, 0.25) is 0 Å². The fourth-order valence-electron chi connectivity index (χ4n) is 1.45. The molecule has 1 aromatic rings. The Kier molecular flexibility index (Phi) is 10.0. The summed E-state index contributed by atoms with van der Waals surface area (Å²) in [5.41, 5.74) is 1.57. The smallest absolute Gasteiger partial charge is 0.330 e. The van der Waals surface area contributed by atoms with E-state index in [1.807, 2.05) is 30.3 Å². The highest BCUT2D eigenvalue weighted by molar-refractivity contribution is 5.86. The predicted octanol–water partition coefficient (Wildman–Crippen LogP) is 2.66. The molecule has 0 unspecified atom stereocenters. The van der Waals surface area contributed by atoms with Gasteiger partial charge in [0.2, 0.25) is 0 Å². The second-order valence-corrected chi connectivity index (χ2v) is 4.63. The third-order valence-corrected chi connectivity index (χ3v) is 2.80. The number of carboxylic acid groups (broad SMARTS) is 2. The van der Waals surface area contributed by atoms with Crippen LogP contribution in [-0.4, -0.2) is 33.9 Å². The molecule has 0 aromatic heterocycles. The Labute approximate surface area is 130 Å². The molecule has 0 saturated heterocycles. The summed E-state index contributed by atoms with van der Waals surface area (Å²) in [5, 5.41) is 25.1. The molecule has 0 atom stereocenters. The van der Waals surface area contributed by atoms with Crippen molar-refractivity contribution >= 4 is 11.9 Å². The van der Waals surface area contributed by atoms with Gasteiger partial charge in [-0.2, -0.15) is 0 Å². The van der Waals surface area contributed by atoms with Crippen LogP contribution < -0.4 is 0 Å². The molecule has 0 bridgehead atoms. The van der Waals surface area contributed by atoms with E-state index in [4.69, 9.17) is 15.3 Å². The standard InChI is InChI=1S/C11H12O2.C6H10O3/c1-9(11(12)13)7-8-10-5-3-2-4-6-10;1-5(6(8)9)3-2-4-7/h2-6H,1,7-8H2,(H,12,13);7H,1-4H2,(H,8,9). The summed E-state index contributed by atoms with van der Waals surface area (Å²) in [6.07, 6.45) is 2.10. The third kappa shape index (κ3) is 9.50. The van der Waals surface area contributed by atoms with E-state index in [1.165, 1.54) is 0 Å². The largest absolute Gasteiger partial charge is 0.478 e. The van der Waals surface area contributed by atoms with Gasteiger partial charge in [-0.1, -0.05) is 43.5 Å². The van der Waals surface area contributed by atoms with Crippen LogP contribution in [-0.2, 0) is 16.0 Å². The van der Waals surface area contributed by atoms with Gasteiger partial charge in [-0.05, 0) is 31.2 Å². The van der Waals surface area contributed by atoms with Crippen LogP contribution >= 0.6 is 0 Å². The second-order valence-electron chi connectivity index (χ2n) is 4.63. The molecule has 0 amide bonds. The Bertz CT molecular complexity index is 505. The highest BCUT2D eigenvalue weighted by atomic mass is 16.4. The zero-order chi connectivity index (χ0) is 17.0. The lowest BCUT2D eigenvalue weighted by molar-refractivity contribution is -0.133. The van der Waals surface area contributed by atoms with Gasteiger partial charge in [-0.15, -0.1) is 0 Å². The summed E-state index contributed by atoms with van der Waals surface area (Å²) in [5.74, 6) is -1.89. The highest BCUT2D eigenvalue weighted by Gasteiger charge is 2.03. The average molecular weight is 306 g/mol. The first-order chi connectivity index (χ1) is 10.4. The first-order valence-electron chi connectivity index (χ1n) is 6.85. The fourth-order valence-corrected chi connectivity index (χ4v) is 1.45. The minimum absolute atomic E-state index is 0.0201. The molecule has 0 aliphatic carbocycles. The van der Waals surface area contributed by atoms with E-state index in [0.29, 0.717) is 19.3 Å².